The number of nitrogens with one attached hydrogen (secondary N) is 1. The third-order valence-corrected chi connectivity index (χ3v) is 4.66. The van der Waals surface area contributed by atoms with Gasteiger partial charge in [-0.3, -0.25) is 0 Å². The molecule has 1 saturated heterocycles. The van der Waals surface area contributed by atoms with Gasteiger partial charge in [0.2, 0.25) is 0 Å². The van der Waals surface area contributed by atoms with Crippen molar-refractivity contribution in [1.29, 1.82) is 0 Å². The smallest absolute Gasteiger partial charge is 0.322 e. The van der Waals surface area contributed by atoms with Crippen LogP contribution in [0.3, 0.4) is 0 Å². The second-order valence-corrected chi connectivity index (χ2v) is 6.34. The van der Waals surface area contributed by atoms with E-state index in [1.165, 1.54) is 11.1 Å². The predicted molar refractivity (Wildman–Crippen MR) is 96.6 cm³/mol. The minimum absolute atomic E-state index is 0.0651. The van der Waals surface area contributed by atoms with Crippen LogP contribution in [0.15, 0.2) is 42.5 Å². The topological polar surface area (TPSA) is 41.6 Å². The Morgan fingerprint density at radius 3 is 2.75 bits per heavy atom. The van der Waals surface area contributed by atoms with E-state index < -0.39 is 0 Å². The van der Waals surface area contributed by atoms with E-state index >= 15 is 0 Å². The number of carbonyl (C=O) groups excluding carboxylic acids is 1. The zero-order valence-electron chi connectivity index (χ0n) is 14.5. The molecule has 0 spiro atoms. The lowest BCUT2D eigenvalue weighted by atomic mass is 9.99. The molecule has 0 radical (unpaired) electrons. The average molecular weight is 324 g/mol. The number of anilines is 1. The molecule has 1 aliphatic heterocycles. The Hall–Kier alpha value is -2.49. The van der Waals surface area contributed by atoms with Gasteiger partial charge in [0.1, 0.15) is 5.75 Å². The maximum absolute atomic E-state index is 12.8. The van der Waals surface area contributed by atoms with Crippen molar-refractivity contribution in [3.05, 3.63) is 59.2 Å². The Bertz CT molecular complexity index is 742. The van der Waals surface area contributed by atoms with Gasteiger partial charge in [-0.15, -0.1) is 0 Å². The van der Waals surface area contributed by atoms with Crippen LogP contribution in [0.2, 0.25) is 0 Å². The minimum atomic E-state index is -0.0651. The number of aryl methyl sites for hydroxylation is 2. The first-order valence-electron chi connectivity index (χ1n) is 8.38. The summed E-state index contributed by atoms with van der Waals surface area (Å²) in [4.78, 5) is 14.8. The molecule has 1 fully saturated rings. The lowest BCUT2D eigenvalue weighted by molar-refractivity contribution is 0.207. The molecule has 0 saturated carbocycles. The molecule has 2 aromatic carbocycles. The molecule has 2 amide bonds. The summed E-state index contributed by atoms with van der Waals surface area (Å²) in [6.07, 6.45) is 2.03. The summed E-state index contributed by atoms with van der Waals surface area (Å²) < 4.78 is 5.36. The maximum atomic E-state index is 12.8. The number of nitrogens with zero attached hydrogens (tertiary/aromatic N) is 1. The van der Waals surface area contributed by atoms with E-state index in [1.54, 1.807) is 7.11 Å². The Morgan fingerprint density at radius 1 is 1.21 bits per heavy atom. The molecule has 126 valence electrons. The number of ether oxygens (including phenoxy) is 1. The Labute approximate surface area is 143 Å². The monoisotopic (exact) mass is 324 g/mol. The van der Waals surface area contributed by atoms with Crippen LogP contribution < -0.4 is 10.1 Å². The first kappa shape index (κ1) is 16.4. The number of hydrogen-bond acceptors (Lipinski definition) is 2. The van der Waals surface area contributed by atoms with Gasteiger partial charge in [-0.25, -0.2) is 4.79 Å². The summed E-state index contributed by atoms with van der Waals surface area (Å²) in [7, 11) is 1.62. The third-order valence-electron chi connectivity index (χ3n) is 4.66. The van der Waals surface area contributed by atoms with E-state index in [0.717, 1.165) is 30.6 Å². The Balaban J connectivity index is 1.82. The van der Waals surface area contributed by atoms with Crippen molar-refractivity contribution in [3.63, 3.8) is 0 Å². The average Bonchev–Trinajstić information content (AvgIpc) is 3.05. The van der Waals surface area contributed by atoms with E-state index in [9.17, 15) is 4.79 Å². The molecule has 1 atom stereocenters. The molecular weight excluding hydrogens is 300 g/mol. The highest BCUT2D eigenvalue weighted by Crippen LogP contribution is 2.34. The molecule has 0 aromatic heterocycles. The van der Waals surface area contributed by atoms with Gasteiger partial charge in [-0.05, 0) is 55.5 Å². The second kappa shape index (κ2) is 6.95. The second-order valence-electron chi connectivity index (χ2n) is 6.34. The molecule has 1 heterocycles. The number of methoxy groups -OCH3 is 1. The zero-order chi connectivity index (χ0) is 17.1. The molecule has 24 heavy (non-hydrogen) atoms. The van der Waals surface area contributed by atoms with Crippen LogP contribution in [0.5, 0.6) is 5.75 Å². The van der Waals surface area contributed by atoms with Crippen molar-refractivity contribution in [2.75, 3.05) is 19.0 Å². The van der Waals surface area contributed by atoms with Crippen LogP contribution in [0.25, 0.3) is 0 Å². The van der Waals surface area contributed by atoms with Crippen LogP contribution in [0.4, 0.5) is 10.5 Å². The standard InChI is InChI=1S/C20H24N2O2/c1-14-10-11-19(24-3)17(13-14)21-20(23)22-12-6-9-18(22)16-8-5-4-7-15(16)2/h4-5,7-8,10-11,13,18H,6,9,12H2,1-3H3,(H,21,23)/t18-/m1/s1. The number of urea groups is 1. The summed E-state index contributed by atoms with van der Waals surface area (Å²) >= 11 is 0. The fraction of sp³-hybridized carbons (Fsp3) is 0.350. The lowest BCUT2D eigenvalue weighted by Gasteiger charge is -2.27. The Kier molecular flexibility index (Phi) is 4.74. The summed E-state index contributed by atoms with van der Waals surface area (Å²) in [5.41, 5.74) is 4.28. The predicted octanol–water partition coefficient (Wildman–Crippen LogP) is 4.68. The fourth-order valence-corrected chi connectivity index (χ4v) is 3.40. The zero-order valence-corrected chi connectivity index (χ0v) is 14.5. The van der Waals surface area contributed by atoms with Gasteiger partial charge in [-0.2, -0.15) is 0 Å². The largest absolute Gasteiger partial charge is 0.495 e. The molecule has 0 unspecified atom stereocenters. The van der Waals surface area contributed by atoms with Crippen molar-refractivity contribution in [3.8, 4) is 5.75 Å². The van der Waals surface area contributed by atoms with Gasteiger partial charge < -0.3 is 15.0 Å². The van der Waals surface area contributed by atoms with E-state index in [-0.39, 0.29) is 12.1 Å². The molecule has 4 heteroatoms. The highest BCUT2D eigenvalue weighted by atomic mass is 16.5. The van der Waals surface area contributed by atoms with Gasteiger partial charge >= 0.3 is 6.03 Å². The molecule has 2 aromatic rings. The fourth-order valence-electron chi connectivity index (χ4n) is 3.40. The van der Waals surface area contributed by atoms with Gasteiger partial charge in [0, 0.05) is 6.54 Å². The highest BCUT2D eigenvalue weighted by Gasteiger charge is 2.31. The number of rotatable bonds is 3. The van der Waals surface area contributed by atoms with Crippen molar-refractivity contribution in [1.82, 2.24) is 4.90 Å². The van der Waals surface area contributed by atoms with Gasteiger partial charge in [0.05, 0.1) is 18.8 Å². The lowest BCUT2D eigenvalue weighted by Crippen LogP contribution is -2.34. The quantitative estimate of drug-likeness (QED) is 0.890. The SMILES string of the molecule is COc1ccc(C)cc1NC(=O)N1CCC[C@@H]1c1ccccc1C. The number of benzene rings is 2. The van der Waals surface area contributed by atoms with Crippen LogP contribution in [-0.4, -0.2) is 24.6 Å². The molecule has 1 aliphatic rings. The number of hydrogen-bond donors (Lipinski definition) is 1. The summed E-state index contributed by atoms with van der Waals surface area (Å²) in [6, 6.07) is 14.2. The first-order valence-corrected chi connectivity index (χ1v) is 8.38. The Morgan fingerprint density at radius 2 is 2.00 bits per heavy atom. The van der Waals surface area contributed by atoms with E-state index in [1.807, 2.05) is 42.2 Å². The van der Waals surface area contributed by atoms with Crippen LogP contribution >= 0.6 is 0 Å². The molecule has 0 bridgehead atoms. The van der Waals surface area contributed by atoms with Crippen LogP contribution in [-0.2, 0) is 0 Å². The normalized spacial score (nSPS) is 17.0. The van der Waals surface area contributed by atoms with Gasteiger partial charge in [-0.1, -0.05) is 30.3 Å². The molecular formula is C20H24N2O2. The van der Waals surface area contributed by atoms with E-state index in [0.29, 0.717) is 5.75 Å². The number of amides is 2. The summed E-state index contributed by atoms with van der Waals surface area (Å²) in [5.74, 6) is 0.681. The number of carbonyl (C=O) groups is 1. The van der Waals surface area contributed by atoms with E-state index in [2.05, 4.69) is 24.4 Å². The van der Waals surface area contributed by atoms with Crippen molar-refractivity contribution in [2.24, 2.45) is 0 Å². The van der Waals surface area contributed by atoms with Crippen LogP contribution in [0.1, 0.15) is 35.6 Å². The van der Waals surface area contributed by atoms with Crippen molar-refractivity contribution < 1.29 is 9.53 Å². The molecule has 4 nitrogen and oxygen atoms in total. The van der Waals surface area contributed by atoms with Crippen molar-refractivity contribution >= 4 is 11.7 Å². The first-order chi connectivity index (χ1) is 11.6. The van der Waals surface area contributed by atoms with E-state index in [4.69, 9.17) is 4.74 Å². The third kappa shape index (κ3) is 3.23. The molecule has 3 rings (SSSR count). The summed E-state index contributed by atoms with van der Waals surface area (Å²) in [5, 5.41) is 3.03. The minimum Gasteiger partial charge on any atom is -0.495 e. The number of likely N-dealkylation sites (tertiary alicyclic amines) is 1. The highest BCUT2D eigenvalue weighted by molar-refractivity contribution is 5.91. The van der Waals surface area contributed by atoms with Gasteiger partial charge in [0.25, 0.3) is 0 Å². The maximum Gasteiger partial charge on any atom is 0.322 e. The van der Waals surface area contributed by atoms with Crippen molar-refractivity contribution in [2.45, 2.75) is 32.7 Å². The van der Waals surface area contributed by atoms with Gasteiger partial charge in [0.15, 0.2) is 0 Å². The van der Waals surface area contributed by atoms with Crippen LogP contribution in [0, 0.1) is 13.8 Å². The summed E-state index contributed by atoms with van der Waals surface area (Å²) in [6.45, 7) is 4.88. The molecule has 0 aliphatic carbocycles. The molecule has 1 N–H and O–H groups in total.